The van der Waals surface area contributed by atoms with Crippen molar-refractivity contribution in [1.29, 1.82) is 0 Å². The van der Waals surface area contributed by atoms with Crippen molar-refractivity contribution in [3.63, 3.8) is 0 Å². The van der Waals surface area contributed by atoms with E-state index < -0.39 is 10.0 Å². The molecule has 130 valence electrons. The average molecular weight is 395 g/mol. The molecule has 1 amide bonds. The first-order valence-electron chi connectivity index (χ1n) is 7.24. The van der Waals surface area contributed by atoms with Crippen molar-refractivity contribution in [3.05, 3.63) is 57.7 Å². The topological polar surface area (TPSA) is 101 Å². The predicted molar refractivity (Wildman–Crippen MR) is 97.5 cm³/mol. The molecule has 0 aliphatic rings. The molecule has 2 aromatic heterocycles. The Morgan fingerprint density at radius 2 is 1.92 bits per heavy atom. The van der Waals surface area contributed by atoms with E-state index in [-0.39, 0.29) is 10.8 Å². The molecule has 25 heavy (non-hydrogen) atoms. The number of hydrogen-bond donors (Lipinski definition) is 2. The highest BCUT2D eigenvalue weighted by Gasteiger charge is 2.15. The van der Waals surface area contributed by atoms with Crippen LogP contribution in [0.15, 0.2) is 52.2 Å². The number of hydrogen-bond acceptors (Lipinski definition) is 7. The normalized spacial score (nSPS) is 11.4. The first-order valence-corrected chi connectivity index (χ1v) is 10.5. The van der Waals surface area contributed by atoms with E-state index in [0.29, 0.717) is 23.7 Å². The van der Waals surface area contributed by atoms with Crippen molar-refractivity contribution >= 4 is 43.7 Å². The number of sulfonamides is 1. The Hall–Kier alpha value is -2.14. The molecule has 0 unspecified atom stereocenters. The minimum absolute atomic E-state index is 0.117. The van der Waals surface area contributed by atoms with Crippen LogP contribution in [0.2, 0.25) is 0 Å². The highest BCUT2D eigenvalue weighted by atomic mass is 32.2. The Bertz CT molecular complexity index is 921. The van der Waals surface area contributed by atoms with Crippen molar-refractivity contribution in [2.24, 2.45) is 0 Å². The molecule has 0 saturated heterocycles. The van der Waals surface area contributed by atoms with Gasteiger partial charge in [0.15, 0.2) is 0 Å². The number of nitrogens with zero attached hydrogens (tertiary/aromatic N) is 2. The summed E-state index contributed by atoms with van der Waals surface area (Å²) in [5.41, 5.74) is 1.85. The van der Waals surface area contributed by atoms with Crippen LogP contribution in [0, 0.1) is 0 Å². The van der Waals surface area contributed by atoms with E-state index in [0.717, 1.165) is 4.88 Å². The Labute approximate surface area is 152 Å². The highest BCUT2D eigenvalue weighted by Crippen LogP contribution is 2.14. The number of thiophene rings is 1. The van der Waals surface area contributed by atoms with Gasteiger partial charge in [-0.15, -0.1) is 21.5 Å². The molecule has 0 fully saturated rings. The van der Waals surface area contributed by atoms with E-state index >= 15 is 0 Å². The van der Waals surface area contributed by atoms with E-state index in [1.807, 2.05) is 17.5 Å². The van der Waals surface area contributed by atoms with Crippen molar-refractivity contribution in [2.45, 2.75) is 11.3 Å². The molecule has 2 heterocycles. The zero-order chi connectivity index (χ0) is 17.7. The third kappa shape index (κ3) is 4.69. The molecule has 2 N–H and O–H groups in total. The minimum Gasteiger partial charge on any atom is -0.296 e. The van der Waals surface area contributed by atoms with Gasteiger partial charge in [0.1, 0.15) is 5.51 Å². The first-order chi connectivity index (χ1) is 12.0. The maximum Gasteiger partial charge on any atom is 0.257 e. The Morgan fingerprint density at radius 3 is 2.56 bits per heavy atom. The van der Waals surface area contributed by atoms with Crippen LogP contribution in [0.5, 0.6) is 0 Å². The molecule has 0 saturated carbocycles. The number of aromatic nitrogens is 2. The number of anilines is 1. The molecule has 7 nitrogen and oxygen atoms in total. The number of carbonyl (C=O) groups excluding carboxylic acids is 1. The SMILES string of the molecule is O=C(Nc1nncs1)c1ccc(S(=O)(=O)NCCc2cccs2)cc1. The quantitative estimate of drug-likeness (QED) is 0.641. The van der Waals surface area contributed by atoms with Crippen molar-refractivity contribution in [2.75, 3.05) is 11.9 Å². The third-order valence-corrected chi connectivity index (χ3v) is 6.27. The molecular weight excluding hydrogens is 380 g/mol. The number of nitrogens with one attached hydrogen (secondary N) is 2. The zero-order valence-corrected chi connectivity index (χ0v) is 15.3. The molecule has 3 rings (SSSR count). The van der Waals surface area contributed by atoms with Crippen LogP contribution >= 0.6 is 22.7 Å². The van der Waals surface area contributed by atoms with Crippen molar-refractivity contribution in [3.8, 4) is 0 Å². The lowest BCUT2D eigenvalue weighted by Gasteiger charge is -2.07. The highest BCUT2D eigenvalue weighted by molar-refractivity contribution is 7.89. The van der Waals surface area contributed by atoms with Gasteiger partial charge in [0.2, 0.25) is 15.2 Å². The molecule has 0 aliphatic carbocycles. The van der Waals surface area contributed by atoms with E-state index in [2.05, 4.69) is 20.2 Å². The van der Waals surface area contributed by atoms with E-state index in [1.54, 1.807) is 11.3 Å². The van der Waals surface area contributed by atoms with E-state index in [1.165, 1.54) is 41.1 Å². The summed E-state index contributed by atoms with van der Waals surface area (Å²) in [6.07, 6.45) is 0.638. The molecule has 0 aliphatic heterocycles. The largest absolute Gasteiger partial charge is 0.296 e. The van der Waals surface area contributed by atoms with Crippen LogP contribution < -0.4 is 10.0 Å². The molecule has 3 aromatic rings. The predicted octanol–water partition coefficient (Wildman–Crippen LogP) is 2.37. The summed E-state index contributed by atoms with van der Waals surface area (Å²) < 4.78 is 27.1. The standard InChI is InChI=1S/C15H14N4O3S3/c20-14(18-15-19-16-10-24-15)11-3-5-13(6-4-11)25(21,22)17-8-7-12-2-1-9-23-12/h1-6,9-10,17H,7-8H2,(H,18,19,20). The van der Waals surface area contributed by atoms with Crippen LogP contribution in [-0.2, 0) is 16.4 Å². The van der Waals surface area contributed by atoms with Gasteiger partial charge < -0.3 is 0 Å². The fourth-order valence-corrected chi connectivity index (χ4v) is 4.21. The lowest BCUT2D eigenvalue weighted by Crippen LogP contribution is -2.26. The van der Waals surface area contributed by atoms with Crippen LogP contribution in [-0.4, -0.2) is 31.1 Å². The molecule has 0 bridgehead atoms. The summed E-state index contributed by atoms with van der Waals surface area (Å²) in [6.45, 7) is 0.322. The van der Waals surface area contributed by atoms with Gasteiger partial charge in [0, 0.05) is 17.0 Å². The van der Waals surface area contributed by atoms with E-state index in [4.69, 9.17) is 0 Å². The summed E-state index contributed by atoms with van der Waals surface area (Å²) in [7, 11) is -3.60. The lowest BCUT2D eigenvalue weighted by molar-refractivity contribution is 0.102. The van der Waals surface area contributed by atoms with Crippen LogP contribution in [0.1, 0.15) is 15.2 Å². The van der Waals surface area contributed by atoms with Gasteiger partial charge in [0.05, 0.1) is 4.90 Å². The molecule has 1 aromatic carbocycles. The molecule has 0 radical (unpaired) electrons. The Kier molecular flexibility index (Phi) is 5.53. The second kappa shape index (κ2) is 7.83. The Morgan fingerprint density at radius 1 is 1.12 bits per heavy atom. The number of rotatable bonds is 7. The summed E-state index contributed by atoms with van der Waals surface area (Å²) in [6, 6.07) is 9.63. The summed E-state index contributed by atoms with van der Waals surface area (Å²) in [5, 5.41) is 12.3. The van der Waals surface area contributed by atoms with Gasteiger partial charge in [-0.2, -0.15) is 0 Å². The summed E-state index contributed by atoms with van der Waals surface area (Å²) in [5.74, 6) is -0.369. The van der Waals surface area contributed by atoms with Crippen LogP contribution in [0.25, 0.3) is 0 Å². The smallest absolute Gasteiger partial charge is 0.257 e. The van der Waals surface area contributed by atoms with Gasteiger partial charge >= 0.3 is 0 Å². The summed E-state index contributed by atoms with van der Waals surface area (Å²) >= 11 is 2.79. The third-order valence-electron chi connectivity index (χ3n) is 3.25. The number of benzene rings is 1. The summed E-state index contributed by atoms with van der Waals surface area (Å²) in [4.78, 5) is 13.3. The maximum absolute atomic E-state index is 12.3. The van der Waals surface area contributed by atoms with Crippen molar-refractivity contribution in [1.82, 2.24) is 14.9 Å². The molecule has 0 atom stereocenters. The second-order valence-electron chi connectivity index (χ2n) is 4.95. The number of carbonyl (C=O) groups is 1. The van der Waals surface area contributed by atoms with Gasteiger partial charge in [-0.05, 0) is 42.1 Å². The van der Waals surface area contributed by atoms with Crippen molar-refractivity contribution < 1.29 is 13.2 Å². The van der Waals surface area contributed by atoms with Crippen LogP contribution in [0.3, 0.4) is 0 Å². The maximum atomic E-state index is 12.3. The fraction of sp³-hybridized carbons (Fsp3) is 0.133. The monoisotopic (exact) mass is 394 g/mol. The van der Waals surface area contributed by atoms with Gasteiger partial charge in [-0.1, -0.05) is 17.4 Å². The molecule has 10 heteroatoms. The second-order valence-corrected chi connectivity index (χ2v) is 8.58. The molecule has 0 spiro atoms. The zero-order valence-electron chi connectivity index (χ0n) is 12.9. The van der Waals surface area contributed by atoms with Crippen LogP contribution in [0.4, 0.5) is 5.13 Å². The van der Waals surface area contributed by atoms with Gasteiger partial charge in [-0.3, -0.25) is 10.1 Å². The van der Waals surface area contributed by atoms with Gasteiger partial charge in [-0.25, -0.2) is 13.1 Å². The van der Waals surface area contributed by atoms with E-state index in [9.17, 15) is 13.2 Å². The Balaban J connectivity index is 1.61. The average Bonchev–Trinajstić information content (AvgIpc) is 3.29. The number of amides is 1. The lowest BCUT2D eigenvalue weighted by atomic mass is 10.2. The first kappa shape index (κ1) is 17.7. The minimum atomic E-state index is -3.60. The fourth-order valence-electron chi connectivity index (χ4n) is 2.03. The van der Waals surface area contributed by atoms with Gasteiger partial charge in [0.25, 0.3) is 5.91 Å². The molecular formula is C15H14N4O3S3.